The van der Waals surface area contributed by atoms with Gasteiger partial charge in [0.25, 0.3) is 5.69 Å². The number of nitrogens with one attached hydrogen (secondary N) is 1. The number of hydrogen-bond acceptors (Lipinski definition) is 7. The highest BCUT2D eigenvalue weighted by Gasteiger charge is 2.27. The van der Waals surface area contributed by atoms with Crippen molar-refractivity contribution in [2.75, 3.05) is 43.4 Å². The molecule has 1 aliphatic heterocycles. The maximum atomic E-state index is 12.6. The highest BCUT2D eigenvalue weighted by atomic mass is 35.5. The van der Waals surface area contributed by atoms with Crippen molar-refractivity contribution in [2.45, 2.75) is 0 Å². The summed E-state index contributed by atoms with van der Waals surface area (Å²) in [5.74, 6) is 0.0927. The number of sulfonamides is 1. The Morgan fingerprint density at radius 3 is 2.62 bits per heavy atom. The van der Waals surface area contributed by atoms with E-state index in [0.717, 1.165) is 5.82 Å². The molecule has 32 heavy (non-hydrogen) atoms. The Labute approximate surface area is 190 Å². The molecule has 0 bridgehead atoms. The molecule has 0 unspecified atom stereocenters. The Morgan fingerprint density at radius 1 is 1.22 bits per heavy atom. The second kappa shape index (κ2) is 10.5. The molecule has 1 aromatic carbocycles. The number of hydrogen-bond donors (Lipinski definition) is 1. The van der Waals surface area contributed by atoms with Gasteiger partial charge in [-0.3, -0.25) is 14.9 Å². The lowest BCUT2D eigenvalue weighted by molar-refractivity contribution is -0.384. The first-order valence-corrected chi connectivity index (χ1v) is 11.8. The van der Waals surface area contributed by atoms with Crippen LogP contribution in [0.5, 0.6) is 0 Å². The fraction of sp³-hybridized carbons (Fsp3) is 0.300. The van der Waals surface area contributed by atoms with Crippen LogP contribution in [-0.2, 0) is 14.8 Å². The van der Waals surface area contributed by atoms with E-state index in [4.69, 9.17) is 11.6 Å². The van der Waals surface area contributed by atoms with Gasteiger partial charge in [-0.2, -0.15) is 4.31 Å². The average Bonchev–Trinajstić information content (AvgIpc) is 2.79. The van der Waals surface area contributed by atoms with E-state index < -0.39 is 20.9 Å². The number of amides is 1. The zero-order valence-electron chi connectivity index (χ0n) is 17.1. The number of carbonyl (C=O) groups excluding carboxylic acids is 1. The summed E-state index contributed by atoms with van der Waals surface area (Å²) in [7, 11) is -3.51. The molecule has 2 aromatic rings. The maximum Gasteiger partial charge on any atom is 0.288 e. The van der Waals surface area contributed by atoms with Crippen LogP contribution < -0.4 is 10.2 Å². The predicted molar refractivity (Wildman–Crippen MR) is 122 cm³/mol. The van der Waals surface area contributed by atoms with Crippen LogP contribution in [0, 0.1) is 10.1 Å². The van der Waals surface area contributed by atoms with Gasteiger partial charge >= 0.3 is 0 Å². The molecule has 10 nitrogen and oxygen atoms in total. The molecule has 1 N–H and O–H groups in total. The highest BCUT2D eigenvalue weighted by molar-refractivity contribution is 7.89. The van der Waals surface area contributed by atoms with Crippen LogP contribution in [0.25, 0.3) is 6.08 Å². The lowest BCUT2D eigenvalue weighted by Crippen LogP contribution is -2.50. The van der Waals surface area contributed by atoms with Crippen molar-refractivity contribution in [1.82, 2.24) is 14.6 Å². The molecule has 0 radical (unpaired) electrons. The molecule has 0 aliphatic carbocycles. The van der Waals surface area contributed by atoms with E-state index in [9.17, 15) is 23.3 Å². The molecule has 1 aliphatic rings. The van der Waals surface area contributed by atoms with E-state index >= 15 is 0 Å². The molecule has 0 saturated carbocycles. The smallest absolute Gasteiger partial charge is 0.288 e. The molecule has 1 amide bonds. The van der Waals surface area contributed by atoms with Gasteiger partial charge in [0.15, 0.2) is 0 Å². The number of benzene rings is 1. The van der Waals surface area contributed by atoms with E-state index in [0.29, 0.717) is 31.7 Å². The molecular formula is C20H22ClN5O5S. The van der Waals surface area contributed by atoms with Gasteiger partial charge in [-0.25, -0.2) is 13.4 Å². The first-order valence-electron chi connectivity index (χ1n) is 9.80. The molecule has 1 aromatic heterocycles. The van der Waals surface area contributed by atoms with Crippen LogP contribution >= 0.6 is 11.6 Å². The Bertz CT molecular complexity index is 1100. The normalized spacial score (nSPS) is 15.1. The summed E-state index contributed by atoms with van der Waals surface area (Å²) in [4.78, 5) is 28.6. The number of anilines is 1. The van der Waals surface area contributed by atoms with E-state index in [1.807, 2.05) is 23.1 Å². The largest absolute Gasteiger partial charge is 0.354 e. The summed E-state index contributed by atoms with van der Waals surface area (Å²) in [6.45, 7) is 1.73. The van der Waals surface area contributed by atoms with Gasteiger partial charge in [-0.05, 0) is 29.8 Å². The zero-order chi connectivity index (χ0) is 23.1. The highest BCUT2D eigenvalue weighted by Crippen LogP contribution is 2.25. The van der Waals surface area contributed by atoms with Gasteiger partial charge in [-0.15, -0.1) is 0 Å². The van der Waals surface area contributed by atoms with E-state index in [2.05, 4.69) is 10.3 Å². The Hall–Kier alpha value is -3.02. The minimum absolute atomic E-state index is 0.00248. The molecule has 2 heterocycles. The van der Waals surface area contributed by atoms with E-state index in [-0.39, 0.29) is 23.0 Å². The van der Waals surface area contributed by atoms with Crippen molar-refractivity contribution in [3.05, 3.63) is 69.4 Å². The van der Waals surface area contributed by atoms with E-state index in [1.54, 1.807) is 6.20 Å². The zero-order valence-corrected chi connectivity index (χ0v) is 18.6. The molecule has 0 atom stereocenters. The third kappa shape index (κ3) is 6.25. The summed E-state index contributed by atoms with van der Waals surface area (Å²) < 4.78 is 26.6. The molecule has 12 heteroatoms. The van der Waals surface area contributed by atoms with Gasteiger partial charge < -0.3 is 10.2 Å². The number of aromatic nitrogens is 1. The number of rotatable bonds is 8. The Balaban J connectivity index is 1.46. The van der Waals surface area contributed by atoms with Crippen LogP contribution in [0.4, 0.5) is 11.5 Å². The third-order valence-corrected chi connectivity index (χ3v) is 7.05. The molecule has 0 spiro atoms. The second-order valence-electron chi connectivity index (χ2n) is 6.98. The first kappa shape index (κ1) is 23.6. The van der Waals surface area contributed by atoms with Crippen LogP contribution in [0.2, 0.25) is 5.02 Å². The van der Waals surface area contributed by atoms with Gasteiger partial charge in [0.2, 0.25) is 15.9 Å². The average molecular weight is 480 g/mol. The number of nitro benzene ring substituents is 1. The number of nitrogens with zero attached hydrogens (tertiary/aromatic N) is 4. The quantitative estimate of drug-likeness (QED) is 0.348. The standard InChI is InChI=1S/C20H22ClN5O5S/c21-17-6-4-16(15-18(17)26(28)29)5-7-20(27)23-9-14-32(30,31)25-12-10-24(11-13-25)19-3-1-2-8-22-19/h1-8,15H,9-14H2,(H,23,27)/b7-5+. The fourth-order valence-electron chi connectivity index (χ4n) is 3.17. The van der Waals surface area contributed by atoms with Crippen LogP contribution in [0.1, 0.15) is 5.56 Å². The lowest BCUT2D eigenvalue weighted by atomic mass is 10.2. The van der Waals surface area contributed by atoms with Crippen molar-refractivity contribution in [1.29, 1.82) is 0 Å². The SMILES string of the molecule is O=C(/C=C/c1ccc(Cl)c([N+](=O)[O-])c1)NCCS(=O)(=O)N1CCN(c2ccccn2)CC1. The Morgan fingerprint density at radius 2 is 1.97 bits per heavy atom. The van der Waals surface area contributed by atoms with Gasteiger partial charge in [0.05, 0.1) is 10.7 Å². The minimum atomic E-state index is -3.51. The topological polar surface area (TPSA) is 126 Å². The molecular weight excluding hydrogens is 458 g/mol. The van der Waals surface area contributed by atoms with Crippen molar-refractivity contribution >= 4 is 45.1 Å². The van der Waals surface area contributed by atoms with Crippen molar-refractivity contribution in [3.8, 4) is 0 Å². The number of piperazine rings is 1. The fourth-order valence-corrected chi connectivity index (χ4v) is 4.70. The van der Waals surface area contributed by atoms with Crippen LogP contribution in [0.15, 0.2) is 48.7 Å². The van der Waals surface area contributed by atoms with E-state index in [1.165, 1.54) is 34.7 Å². The minimum Gasteiger partial charge on any atom is -0.354 e. The summed E-state index contributed by atoms with van der Waals surface area (Å²) in [5.41, 5.74) is 0.165. The van der Waals surface area contributed by atoms with Gasteiger partial charge in [0, 0.05) is 51.1 Å². The molecule has 1 saturated heterocycles. The number of nitro groups is 1. The number of halogens is 1. The second-order valence-corrected chi connectivity index (χ2v) is 9.48. The van der Waals surface area contributed by atoms with Gasteiger partial charge in [-0.1, -0.05) is 23.7 Å². The third-order valence-electron chi connectivity index (χ3n) is 4.86. The summed E-state index contributed by atoms with van der Waals surface area (Å²) in [5, 5.41) is 13.4. The number of carbonyl (C=O) groups is 1. The maximum absolute atomic E-state index is 12.6. The van der Waals surface area contributed by atoms with Crippen LogP contribution in [-0.4, -0.2) is 67.0 Å². The van der Waals surface area contributed by atoms with Crippen molar-refractivity contribution in [3.63, 3.8) is 0 Å². The molecule has 3 rings (SSSR count). The van der Waals surface area contributed by atoms with Crippen molar-refractivity contribution < 1.29 is 18.1 Å². The lowest BCUT2D eigenvalue weighted by Gasteiger charge is -2.34. The Kier molecular flexibility index (Phi) is 7.78. The molecule has 170 valence electrons. The van der Waals surface area contributed by atoms with Crippen LogP contribution in [0.3, 0.4) is 0 Å². The molecule has 1 fully saturated rings. The van der Waals surface area contributed by atoms with Crippen molar-refractivity contribution in [2.24, 2.45) is 0 Å². The number of pyridine rings is 1. The van der Waals surface area contributed by atoms with Gasteiger partial charge in [0.1, 0.15) is 10.8 Å². The first-order chi connectivity index (χ1) is 15.3. The summed E-state index contributed by atoms with van der Waals surface area (Å²) in [6.07, 6.45) is 4.28. The summed E-state index contributed by atoms with van der Waals surface area (Å²) in [6, 6.07) is 9.76. The predicted octanol–water partition coefficient (Wildman–Crippen LogP) is 1.92. The summed E-state index contributed by atoms with van der Waals surface area (Å²) >= 11 is 5.76. The monoisotopic (exact) mass is 479 g/mol.